The molecule has 3 heterocycles. The molecule has 0 aliphatic carbocycles. The quantitative estimate of drug-likeness (QED) is 0.846. The second-order valence-corrected chi connectivity index (χ2v) is 5.48. The Morgan fingerprint density at radius 2 is 2.30 bits per heavy atom. The normalized spacial score (nSPS) is 19.3. The van der Waals surface area contributed by atoms with Crippen LogP contribution >= 0.6 is 11.3 Å². The molecule has 0 spiro atoms. The maximum atomic E-state index is 12.7. The van der Waals surface area contributed by atoms with Crippen molar-refractivity contribution in [3.63, 3.8) is 0 Å². The SMILES string of the molecule is Cc1noc([C@H]2COCCN2C(=O)c2cscc2C)n1. The van der Waals surface area contributed by atoms with Gasteiger partial charge < -0.3 is 14.2 Å². The Bertz CT molecular complexity index is 622. The monoisotopic (exact) mass is 293 g/mol. The first kappa shape index (κ1) is 13.3. The summed E-state index contributed by atoms with van der Waals surface area (Å²) in [6, 6.07) is -0.309. The maximum Gasteiger partial charge on any atom is 0.255 e. The van der Waals surface area contributed by atoms with Gasteiger partial charge in [-0.05, 0) is 24.8 Å². The van der Waals surface area contributed by atoms with Crippen LogP contribution in [0, 0.1) is 13.8 Å². The Kier molecular flexibility index (Phi) is 3.54. The van der Waals surface area contributed by atoms with Crippen molar-refractivity contribution in [3.05, 3.63) is 33.6 Å². The van der Waals surface area contributed by atoms with Crippen LogP contribution in [0.2, 0.25) is 0 Å². The van der Waals surface area contributed by atoms with E-state index in [9.17, 15) is 4.79 Å². The standard InChI is InChI=1S/C13H15N3O3S/c1-8-6-20-7-10(8)13(17)16-3-4-18-5-11(16)12-14-9(2)15-19-12/h6-7,11H,3-5H2,1-2H3/t11-/m1/s1. The van der Waals surface area contributed by atoms with Crippen LogP contribution in [0.1, 0.15) is 33.7 Å². The van der Waals surface area contributed by atoms with E-state index in [1.54, 1.807) is 11.8 Å². The zero-order valence-corrected chi connectivity index (χ0v) is 12.1. The van der Waals surface area contributed by atoms with Gasteiger partial charge in [0, 0.05) is 11.9 Å². The van der Waals surface area contributed by atoms with Crippen LogP contribution < -0.4 is 0 Å². The lowest BCUT2D eigenvalue weighted by atomic mass is 10.1. The van der Waals surface area contributed by atoms with E-state index in [0.717, 1.165) is 11.1 Å². The van der Waals surface area contributed by atoms with Crippen LogP contribution in [-0.2, 0) is 4.74 Å². The third-order valence-electron chi connectivity index (χ3n) is 3.30. The molecule has 2 aromatic heterocycles. The van der Waals surface area contributed by atoms with Gasteiger partial charge in [-0.2, -0.15) is 16.3 Å². The van der Waals surface area contributed by atoms with Crippen LogP contribution in [0.5, 0.6) is 0 Å². The number of ether oxygens (including phenoxy) is 1. The molecule has 1 amide bonds. The molecule has 1 aliphatic rings. The fourth-order valence-electron chi connectivity index (χ4n) is 2.23. The van der Waals surface area contributed by atoms with Crippen LogP contribution in [0.4, 0.5) is 0 Å². The minimum absolute atomic E-state index is 0.00657. The highest BCUT2D eigenvalue weighted by Gasteiger charge is 2.33. The lowest BCUT2D eigenvalue weighted by molar-refractivity contribution is -0.0119. The van der Waals surface area contributed by atoms with Crippen molar-refractivity contribution in [3.8, 4) is 0 Å². The van der Waals surface area contributed by atoms with Crippen molar-refractivity contribution in [2.24, 2.45) is 0 Å². The number of carbonyl (C=O) groups excluding carboxylic acids is 1. The summed E-state index contributed by atoms with van der Waals surface area (Å²) in [6.45, 7) is 5.14. The van der Waals surface area contributed by atoms with E-state index in [0.29, 0.717) is 31.5 Å². The molecule has 1 saturated heterocycles. The van der Waals surface area contributed by atoms with E-state index < -0.39 is 0 Å². The minimum atomic E-state index is -0.309. The molecule has 0 radical (unpaired) electrons. The summed E-state index contributed by atoms with van der Waals surface area (Å²) >= 11 is 1.53. The number of hydrogen-bond donors (Lipinski definition) is 0. The Morgan fingerprint density at radius 1 is 1.45 bits per heavy atom. The van der Waals surface area contributed by atoms with E-state index >= 15 is 0 Å². The molecule has 7 heteroatoms. The highest BCUT2D eigenvalue weighted by atomic mass is 32.1. The third-order valence-corrected chi connectivity index (χ3v) is 4.17. The highest BCUT2D eigenvalue weighted by Crippen LogP contribution is 2.26. The molecular weight excluding hydrogens is 278 g/mol. The molecule has 6 nitrogen and oxygen atoms in total. The number of carbonyl (C=O) groups is 1. The summed E-state index contributed by atoms with van der Waals surface area (Å²) in [5, 5.41) is 7.64. The number of nitrogens with zero attached hydrogens (tertiary/aromatic N) is 3. The van der Waals surface area contributed by atoms with Gasteiger partial charge in [-0.1, -0.05) is 5.16 Å². The number of thiophene rings is 1. The van der Waals surface area contributed by atoms with Gasteiger partial charge >= 0.3 is 0 Å². The molecule has 0 N–H and O–H groups in total. The lowest BCUT2D eigenvalue weighted by Gasteiger charge is -2.33. The van der Waals surface area contributed by atoms with Gasteiger partial charge in [0.05, 0.1) is 18.8 Å². The van der Waals surface area contributed by atoms with E-state index in [4.69, 9.17) is 9.26 Å². The largest absolute Gasteiger partial charge is 0.377 e. The second kappa shape index (κ2) is 5.34. The van der Waals surface area contributed by atoms with Crippen LogP contribution in [0.25, 0.3) is 0 Å². The fraction of sp³-hybridized carbons (Fsp3) is 0.462. The predicted molar refractivity (Wildman–Crippen MR) is 72.7 cm³/mol. The van der Waals surface area contributed by atoms with E-state index in [1.807, 2.05) is 17.7 Å². The van der Waals surface area contributed by atoms with Gasteiger partial charge in [0.25, 0.3) is 11.8 Å². The smallest absolute Gasteiger partial charge is 0.255 e. The number of aryl methyl sites for hydroxylation is 2. The topological polar surface area (TPSA) is 68.5 Å². The predicted octanol–water partition coefficient (Wildman–Crippen LogP) is 1.96. The molecule has 0 saturated carbocycles. The molecule has 106 valence electrons. The molecule has 2 aromatic rings. The molecule has 1 atom stereocenters. The van der Waals surface area contributed by atoms with Gasteiger partial charge in [-0.25, -0.2) is 0 Å². The summed E-state index contributed by atoms with van der Waals surface area (Å²) in [7, 11) is 0. The first-order valence-corrected chi connectivity index (χ1v) is 7.33. The van der Waals surface area contributed by atoms with E-state index in [2.05, 4.69) is 10.1 Å². The average Bonchev–Trinajstić information content (AvgIpc) is 3.07. The van der Waals surface area contributed by atoms with Crippen molar-refractivity contribution < 1.29 is 14.1 Å². The number of rotatable bonds is 2. The van der Waals surface area contributed by atoms with Gasteiger partial charge in [0.1, 0.15) is 6.04 Å². The summed E-state index contributed by atoms with van der Waals surface area (Å²) in [6.07, 6.45) is 0. The van der Waals surface area contributed by atoms with Crippen LogP contribution in [-0.4, -0.2) is 40.7 Å². The van der Waals surface area contributed by atoms with Crippen molar-refractivity contribution in [2.75, 3.05) is 19.8 Å². The number of aromatic nitrogens is 2. The van der Waals surface area contributed by atoms with Gasteiger partial charge in [0.2, 0.25) is 0 Å². The van der Waals surface area contributed by atoms with Gasteiger partial charge in [-0.15, -0.1) is 0 Å². The van der Waals surface area contributed by atoms with E-state index in [1.165, 1.54) is 11.3 Å². The fourth-order valence-corrected chi connectivity index (χ4v) is 3.06. The molecule has 1 aliphatic heterocycles. The molecule has 3 rings (SSSR count). The number of amides is 1. The number of morpholine rings is 1. The van der Waals surface area contributed by atoms with Crippen molar-refractivity contribution in [2.45, 2.75) is 19.9 Å². The zero-order chi connectivity index (χ0) is 14.1. The molecular formula is C13H15N3O3S. The van der Waals surface area contributed by atoms with Crippen LogP contribution in [0.15, 0.2) is 15.3 Å². The summed E-state index contributed by atoms with van der Waals surface area (Å²) in [5.74, 6) is 0.987. The second-order valence-electron chi connectivity index (χ2n) is 4.74. The Hall–Kier alpha value is -1.73. The molecule has 20 heavy (non-hydrogen) atoms. The Balaban J connectivity index is 1.89. The molecule has 0 unspecified atom stereocenters. The summed E-state index contributed by atoms with van der Waals surface area (Å²) < 4.78 is 10.7. The van der Waals surface area contributed by atoms with Gasteiger partial charge in [0.15, 0.2) is 5.82 Å². The molecule has 0 bridgehead atoms. The Morgan fingerprint density at radius 3 is 2.95 bits per heavy atom. The molecule has 0 aromatic carbocycles. The van der Waals surface area contributed by atoms with Crippen molar-refractivity contribution >= 4 is 17.2 Å². The Labute approximate surface area is 120 Å². The zero-order valence-electron chi connectivity index (χ0n) is 11.3. The van der Waals surface area contributed by atoms with Gasteiger partial charge in [-0.3, -0.25) is 4.79 Å². The number of hydrogen-bond acceptors (Lipinski definition) is 6. The van der Waals surface area contributed by atoms with E-state index in [-0.39, 0.29) is 11.9 Å². The van der Waals surface area contributed by atoms with Crippen molar-refractivity contribution in [1.82, 2.24) is 15.0 Å². The lowest BCUT2D eigenvalue weighted by Crippen LogP contribution is -2.43. The first-order valence-electron chi connectivity index (χ1n) is 6.38. The van der Waals surface area contributed by atoms with Crippen molar-refractivity contribution in [1.29, 1.82) is 0 Å². The molecule has 1 fully saturated rings. The van der Waals surface area contributed by atoms with Crippen LogP contribution in [0.3, 0.4) is 0 Å². The first-order chi connectivity index (χ1) is 9.66. The third kappa shape index (κ3) is 2.34. The summed E-state index contributed by atoms with van der Waals surface area (Å²) in [5.41, 5.74) is 1.73. The highest BCUT2D eigenvalue weighted by molar-refractivity contribution is 7.08. The average molecular weight is 293 g/mol. The maximum absolute atomic E-state index is 12.7. The minimum Gasteiger partial charge on any atom is -0.377 e. The summed E-state index contributed by atoms with van der Waals surface area (Å²) in [4.78, 5) is 18.6.